The van der Waals surface area contributed by atoms with Crippen LogP contribution >= 0.6 is 15.9 Å². The second-order valence-electron chi connectivity index (χ2n) is 6.36. The van der Waals surface area contributed by atoms with Crippen molar-refractivity contribution >= 4 is 21.9 Å². The summed E-state index contributed by atoms with van der Waals surface area (Å²) in [6, 6.07) is 8.24. The number of ether oxygens (including phenoxy) is 2. The van der Waals surface area contributed by atoms with Crippen LogP contribution < -0.4 is 5.32 Å². The van der Waals surface area contributed by atoms with Gasteiger partial charge in [-0.3, -0.25) is 0 Å². The Kier molecular flexibility index (Phi) is 4.57. The van der Waals surface area contributed by atoms with Gasteiger partial charge in [-0.1, -0.05) is 28.1 Å². The molecule has 1 aromatic carbocycles. The van der Waals surface area contributed by atoms with E-state index in [0.717, 1.165) is 29.4 Å². The van der Waals surface area contributed by atoms with Gasteiger partial charge in [-0.15, -0.1) is 0 Å². The smallest absolute Gasteiger partial charge is 0.331 e. The Labute approximate surface area is 139 Å². The Bertz CT molecular complexity index is 559. The molecule has 0 amide bonds. The normalized spacial score (nSPS) is 26.5. The lowest BCUT2D eigenvalue weighted by molar-refractivity contribution is -0.161. The van der Waals surface area contributed by atoms with Crippen molar-refractivity contribution in [3.8, 4) is 0 Å². The van der Waals surface area contributed by atoms with Gasteiger partial charge < -0.3 is 14.8 Å². The van der Waals surface area contributed by atoms with E-state index < -0.39 is 5.60 Å². The van der Waals surface area contributed by atoms with E-state index >= 15 is 0 Å². The van der Waals surface area contributed by atoms with E-state index in [1.54, 1.807) is 0 Å². The van der Waals surface area contributed by atoms with Crippen LogP contribution in [0.25, 0.3) is 0 Å². The SMILES string of the molecule is COC(=O)COC1(c2cccc(Br)c2)CCNC2(CCC2)C1. The van der Waals surface area contributed by atoms with E-state index in [4.69, 9.17) is 9.47 Å². The van der Waals surface area contributed by atoms with Crippen molar-refractivity contribution in [3.63, 3.8) is 0 Å². The molecule has 1 aliphatic heterocycles. The van der Waals surface area contributed by atoms with Gasteiger partial charge in [0.25, 0.3) is 0 Å². The number of hydrogen-bond acceptors (Lipinski definition) is 4. The van der Waals surface area contributed by atoms with Crippen LogP contribution in [-0.2, 0) is 19.9 Å². The number of carbonyl (C=O) groups excluding carboxylic acids is 1. The van der Waals surface area contributed by atoms with Gasteiger partial charge in [0.05, 0.1) is 12.7 Å². The van der Waals surface area contributed by atoms with Gasteiger partial charge in [0.15, 0.2) is 0 Å². The van der Waals surface area contributed by atoms with Gasteiger partial charge in [0.2, 0.25) is 0 Å². The number of rotatable bonds is 4. The number of benzene rings is 1. The number of nitrogens with one attached hydrogen (secondary N) is 1. The van der Waals surface area contributed by atoms with Crippen molar-refractivity contribution < 1.29 is 14.3 Å². The molecule has 3 rings (SSSR count). The van der Waals surface area contributed by atoms with Crippen LogP contribution in [0.15, 0.2) is 28.7 Å². The number of hydrogen-bond donors (Lipinski definition) is 1. The maximum Gasteiger partial charge on any atom is 0.331 e. The zero-order valence-corrected chi connectivity index (χ0v) is 14.4. The quantitative estimate of drug-likeness (QED) is 0.830. The Morgan fingerprint density at radius 1 is 1.36 bits per heavy atom. The summed E-state index contributed by atoms with van der Waals surface area (Å²) in [6.45, 7) is 0.910. The summed E-state index contributed by atoms with van der Waals surface area (Å²) < 4.78 is 11.9. The van der Waals surface area contributed by atoms with E-state index in [-0.39, 0.29) is 18.1 Å². The molecule has 5 heteroatoms. The molecule has 1 saturated carbocycles. The Hall–Kier alpha value is -0.910. The van der Waals surface area contributed by atoms with E-state index in [0.29, 0.717) is 0 Å². The first-order valence-corrected chi connectivity index (χ1v) is 8.59. The first-order chi connectivity index (χ1) is 10.6. The highest BCUT2D eigenvalue weighted by atomic mass is 79.9. The zero-order valence-electron chi connectivity index (χ0n) is 12.9. The fraction of sp³-hybridized carbons (Fsp3) is 0.588. The molecular formula is C17H22BrNO3. The molecule has 2 aliphatic rings. The van der Waals surface area contributed by atoms with Gasteiger partial charge in [-0.25, -0.2) is 4.79 Å². The topological polar surface area (TPSA) is 47.6 Å². The fourth-order valence-corrected chi connectivity index (χ4v) is 4.06. The molecule has 120 valence electrons. The Morgan fingerprint density at radius 3 is 2.82 bits per heavy atom. The zero-order chi connectivity index (χ0) is 15.6. The molecule has 1 saturated heterocycles. The highest BCUT2D eigenvalue weighted by molar-refractivity contribution is 9.10. The first kappa shape index (κ1) is 16.0. The standard InChI is InChI=1S/C17H22BrNO3/c1-21-15(20)11-22-17(13-4-2-5-14(18)10-13)8-9-19-16(12-17)6-3-7-16/h2,4-5,10,19H,3,6-9,11-12H2,1H3. The maximum absolute atomic E-state index is 11.6. The molecule has 0 radical (unpaired) electrons. The monoisotopic (exact) mass is 367 g/mol. The number of carbonyl (C=O) groups is 1. The molecule has 1 spiro atoms. The molecule has 22 heavy (non-hydrogen) atoms. The molecule has 1 heterocycles. The molecule has 0 aromatic heterocycles. The summed E-state index contributed by atoms with van der Waals surface area (Å²) in [7, 11) is 1.40. The molecule has 1 aromatic rings. The highest BCUT2D eigenvalue weighted by Crippen LogP contribution is 2.48. The van der Waals surface area contributed by atoms with Crippen LogP contribution in [0.2, 0.25) is 0 Å². The third-order valence-corrected chi connectivity index (χ3v) is 5.50. The van der Waals surface area contributed by atoms with Crippen LogP contribution in [-0.4, -0.2) is 31.8 Å². The second kappa shape index (κ2) is 6.30. The lowest BCUT2D eigenvalue weighted by Crippen LogP contribution is -2.60. The molecule has 1 atom stereocenters. The van der Waals surface area contributed by atoms with Crippen molar-refractivity contribution in [1.82, 2.24) is 5.32 Å². The summed E-state index contributed by atoms with van der Waals surface area (Å²) in [6.07, 6.45) is 5.41. The minimum Gasteiger partial charge on any atom is -0.467 e. The fourth-order valence-electron chi connectivity index (χ4n) is 3.67. The van der Waals surface area contributed by atoms with Crippen molar-refractivity contribution in [1.29, 1.82) is 0 Å². The van der Waals surface area contributed by atoms with Crippen LogP contribution in [0.1, 0.15) is 37.7 Å². The summed E-state index contributed by atoms with van der Waals surface area (Å²) in [4.78, 5) is 11.6. The van der Waals surface area contributed by atoms with Crippen LogP contribution in [0, 0.1) is 0 Å². The second-order valence-corrected chi connectivity index (χ2v) is 7.27. The first-order valence-electron chi connectivity index (χ1n) is 7.79. The van der Waals surface area contributed by atoms with Crippen molar-refractivity contribution in [3.05, 3.63) is 34.3 Å². The predicted octanol–water partition coefficient (Wildman–Crippen LogP) is 3.14. The maximum atomic E-state index is 11.6. The van der Waals surface area contributed by atoms with E-state index in [1.165, 1.54) is 26.4 Å². The number of esters is 1. The predicted molar refractivity (Wildman–Crippen MR) is 87.6 cm³/mol. The lowest BCUT2D eigenvalue weighted by Gasteiger charge is -2.53. The minimum atomic E-state index is -0.413. The summed E-state index contributed by atoms with van der Waals surface area (Å²) in [5, 5.41) is 3.66. The van der Waals surface area contributed by atoms with Gasteiger partial charge in [0.1, 0.15) is 6.61 Å². The number of methoxy groups -OCH3 is 1. The van der Waals surface area contributed by atoms with E-state index in [9.17, 15) is 4.79 Å². The molecule has 1 aliphatic carbocycles. The van der Waals surface area contributed by atoms with Gasteiger partial charge in [-0.05, 0) is 56.3 Å². The number of piperidine rings is 1. The van der Waals surface area contributed by atoms with Gasteiger partial charge in [0, 0.05) is 10.0 Å². The molecule has 0 bridgehead atoms. The van der Waals surface area contributed by atoms with Crippen molar-refractivity contribution in [2.45, 2.75) is 43.2 Å². The third kappa shape index (κ3) is 3.07. The van der Waals surface area contributed by atoms with Crippen LogP contribution in [0.4, 0.5) is 0 Å². The molecule has 1 N–H and O–H groups in total. The van der Waals surface area contributed by atoms with Crippen molar-refractivity contribution in [2.24, 2.45) is 0 Å². The minimum absolute atomic E-state index is 0.000899. The molecule has 4 nitrogen and oxygen atoms in total. The number of halogens is 1. The highest BCUT2D eigenvalue weighted by Gasteiger charge is 2.49. The average Bonchev–Trinajstić information content (AvgIpc) is 2.51. The van der Waals surface area contributed by atoms with E-state index in [2.05, 4.69) is 33.4 Å². The molecule has 2 fully saturated rings. The van der Waals surface area contributed by atoms with E-state index in [1.807, 2.05) is 12.1 Å². The Balaban J connectivity index is 1.89. The largest absolute Gasteiger partial charge is 0.467 e. The molecular weight excluding hydrogens is 346 g/mol. The summed E-state index contributed by atoms with van der Waals surface area (Å²) >= 11 is 3.54. The molecule has 1 unspecified atom stereocenters. The third-order valence-electron chi connectivity index (χ3n) is 5.01. The average molecular weight is 368 g/mol. The van der Waals surface area contributed by atoms with Crippen molar-refractivity contribution in [2.75, 3.05) is 20.3 Å². The Morgan fingerprint density at radius 2 is 2.18 bits per heavy atom. The summed E-state index contributed by atoms with van der Waals surface area (Å²) in [5.41, 5.74) is 0.902. The van der Waals surface area contributed by atoms with Gasteiger partial charge in [-0.2, -0.15) is 0 Å². The summed E-state index contributed by atoms with van der Waals surface area (Å²) in [5.74, 6) is -0.324. The van der Waals surface area contributed by atoms with Crippen LogP contribution in [0.3, 0.4) is 0 Å². The van der Waals surface area contributed by atoms with Gasteiger partial charge >= 0.3 is 5.97 Å². The van der Waals surface area contributed by atoms with Crippen LogP contribution in [0.5, 0.6) is 0 Å². The lowest BCUT2D eigenvalue weighted by atomic mass is 9.65.